The number of nitrogens with one attached hydrogen (secondary N) is 1. The van der Waals surface area contributed by atoms with E-state index < -0.39 is 30.1 Å². The van der Waals surface area contributed by atoms with E-state index in [4.69, 9.17) is 15.0 Å². The van der Waals surface area contributed by atoms with Gasteiger partial charge in [-0.25, -0.2) is 9.50 Å². The van der Waals surface area contributed by atoms with Crippen LogP contribution in [0.15, 0.2) is 30.5 Å². The maximum Gasteiger partial charge on any atom is 0.496 e. The fourth-order valence-electron chi connectivity index (χ4n) is 3.54. The largest absolute Gasteiger partial charge is 0.496 e. The highest BCUT2D eigenvalue weighted by Crippen LogP contribution is 2.37. The van der Waals surface area contributed by atoms with Gasteiger partial charge in [-0.2, -0.15) is 18.3 Å². The molecule has 7 nitrogen and oxygen atoms in total. The van der Waals surface area contributed by atoms with Crippen LogP contribution in [0.3, 0.4) is 0 Å². The van der Waals surface area contributed by atoms with Gasteiger partial charge < -0.3 is 20.4 Å². The van der Waals surface area contributed by atoms with Gasteiger partial charge in [0.25, 0.3) is 0 Å². The molecule has 0 spiro atoms. The van der Waals surface area contributed by atoms with Crippen LogP contribution in [0.25, 0.3) is 5.52 Å². The van der Waals surface area contributed by atoms with E-state index in [0.717, 1.165) is 17.6 Å². The van der Waals surface area contributed by atoms with Crippen LogP contribution >= 0.6 is 0 Å². The van der Waals surface area contributed by atoms with Gasteiger partial charge in [-0.1, -0.05) is 0 Å². The number of nitrogens with two attached hydrogens (primary N) is 1. The smallest absolute Gasteiger partial charge is 0.399 e. The highest BCUT2D eigenvalue weighted by atomic mass is 19.4. The predicted molar refractivity (Wildman–Crippen MR) is 117 cm³/mol. The molecule has 0 aliphatic carbocycles. The third-order valence-electron chi connectivity index (χ3n) is 5.92. The molecule has 3 N–H and O–H groups in total. The second-order valence-electron chi connectivity index (χ2n) is 9.01. The number of halogens is 3. The Morgan fingerprint density at radius 3 is 2.38 bits per heavy atom. The molecule has 1 fully saturated rings. The van der Waals surface area contributed by atoms with Crippen molar-refractivity contribution in [1.82, 2.24) is 14.6 Å². The Hall–Kier alpha value is -2.79. The molecule has 1 aromatic carbocycles. The number of hydrogen-bond acceptors (Lipinski definition) is 6. The lowest BCUT2D eigenvalue weighted by atomic mass is 9.81. The first kappa shape index (κ1) is 22.4. The van der Waals surface area contributed by atoms with Gasteiger partial charge >= 0.3 is 13.3 Å². The molecular weight excluding hydrogens is 422 g/mol. The highest BCUT2D eigenvalue weighted by Gasteiger charge is 2.52. The first-order valence-electron chi connectivity index (χ1n) is 10.2. The van der Waals surface area contributed by atoms with Gasteiger partial charge in [-0.3, -0.25) is 0 Å². The van der Waals surface area contributed by atoms with Crippen molar-refractivity contribution in [2.45, 2.75) is 58.5 Å². The van der Waals surface area contributed by atoms with E-state index in [1.165, 1.54) is 6.07 Å². The SMILES string of the molecule is Cc1nc(NCc2cc(N)cc(C(F)(F)F)c2)c2cc(B3OC(C)(C)C(C)(C)O3)cn2n1. The van der Waals surface area contributed by atoms with Gasteiger partial charge in [-0.15, -0.1) is 0 Å². The fraction of sp³-hybridized carbons (Fsp3) is 0.429. The number of alkyl halides is 3. The monoisotopic (exact) mass is 447 g/mol. The predicted octanol–water partition coefficient (Wildman–Crippen LogP) is 3.55. The third-order valence-corrected chi connectivity index (χ3v) is 5.92. The molecule has 0 saturated carbocycles. The fourth-order valence-corrected chi connectivity index (χ4v) is 3.54. The molecule has 170 valence electrons. The van der Waals surface area contributed by atoms with Gasteiger partial charge in [0.1, 0.15) is 11.3 Å². The van der Waals surface area contributed by atoms with Gasteiger partial charge in [0, 0.05) is 23.9 Å². The van der Waals surface area contributed by atoms with E-state index in [2.05, 4.69) is 15.4 Å². The summed E-state index contributed by atoms with van der Waals surface area (Å²) in [5, 5.41) is 7.51. The average molecular weight is 447 g/mol. The van der Waals surface area contributed by atoms with E-state index >= 15 is 0 Å². The second kappa shape index (κ2) is 7.38. The van der Waals surface area contributed by atoms with Crippen LogP contribution in [0.1, 0.15) is 44.6 Å². The minimum absolute atomic E-state index is 0.0476. The minimum atomic E-state index is -4.47. The Morgan fingerprint density at radius 2 is 1.75 bits per heavy atom. The van der Waals surface area contributed by atoms with Gasteiger partial charge in [0.2, 0.25) is 0 Å². The van der Waals surface area contributed by atoms with Crippen molar-refractivity contribution >= 4 is 29.6 Å². The first-order chi connectivity index (χ1) is 14.7. The van der Waals surface area contributed by atoms with Crippen molar-refractivity contribution in [2.24, 2.45) is 0 Å². The van der Waals surface area contributed by atoms with Crippen molar-refractivity contribution in [2.75, 3.05) is 11.1 Å². The van der Waals surface area contributed by atoms with Gasteiger partial charge in [0.05, 0.1) is 16.8 Å². The van der Waals surface area contributed by atoms with Crippen molar-refractivity contribution in [3.05, 3.63) is 47.4 Å². The van der Waals surface area contributed by atoms with Gasteiger partial charge in [0.15, 0.2) is 5.82 Å². The molecule has 0 unspecified atom stereocenters. The Labute approximate surface area is 184 Å². The molecular formula is C21H25BF3N5O2. The summed E-state index contributed by atoms with van der Waals surface area (Å²) in [4.78, 5) is 4.43. The molecule has 11 heteroatoms. The van der Waals surface area contributed by atoms with Gasteiger partial charge in [-0.05, 0) is 64.4 Å². The molecule has 2 aromatic heterocycles. The van der Waals surface area contributed by atoms with Crippen LogP contribution in [-0.2, 0) is 22.0 Å². The number of nitrogens with zero attached hydrogens (tertiary/aromatic N) is 3. The van der Waals surface area contributed by atoms with Crippen molar-refractivity contribution < 1.29 is 22.5 Å². The van der Waals surface area contributed by atoms with E-state index in [1.54, 1.807) is 17.6 Å². The van der Waals surface area contributed by atoms with Crippen LogP contribution in [-0.4, -0.2) is 32.9 Å². The summed E-state index contributed by atoms with van der Waals surface area (Å²) in [6.07, 6.45) is -2.66. The molecule has 1 saturated heterocycles. The Balaban J connectivity index is 1.63. The Kier molecular flexibility index (Phi) is 5.17. The van der Waals surface area contributed by atoms with Crippen molar-refractivity contribution in [1.29, 1.82) is 0 Å². The average Bonchev–Trinajstić information content (AvgIpc) is 3.16. The van der Waals surface area contributed by atoms with Crippen molar-refractivity contribution in [3.8, 4) is 0 Å². The van der Waals surface area contributed by atoms with Crippen LogP contribution in [0.5, 0.6) is 0 Å². The number of aromatic nitrogens is 3. The number of anilines is 2. The molecule has 0 radical (unpaired) electrons. The Morgan fingerprint density at radius 1 is 1.09 bits per heavy atom. The number of aryl methyl sites for hydroxylation is 1. The molecule has 1 aliphatic rings. The molecule has 3 aromatic rings. The number of nitrogen functional groups attached to an aromatic ring is 1. The summed E-state index contributed by atoms with van der Waals surface area (Å²) in [5.41, 5.74) is 5.77. The van der Waals surface area contributed by atoms with Crippen molar-refractivity contribution in [3.63, 3.8) is 0 Å². The molecule has 0 atom stereocenters. The van der Waals surface area contributed by atoms with E-state index in [9.17, 15) is 13.2 Å². The standard InChI is InChI=1S/C21H25BF3N5O2/c1-12-28-18(27-10-13-6-14(21(23,24)25)8-16(26)7-13)17-9-15(11-30(17)29-12)22-31-19(2,3)20(4,5)32-22/h6-9,11H,10,26H2,1-5H3,(H,27,28,29). The summed E-state index contributed by atoms with van der Waals surface area (Å²) in [5.74, 6) is 0.982. The number of fused-ring (bicyclic) bond motifs is 1. The van der Waals surface area contributed by atoms with Crippen LogP contribution in [0, 0.1) is 6.92 Å². The maximum atomic E-state index is 13.1. The number of benzene rings is 1. The van der Waals surface area contributed by atoms with Crippen LogP contribution in [0.4, 0.5) is 24.7 Å². The highest BCUT2D eigenvalue weighted by molar-refractivity contribution is 6.62. The zero-order valence-corrected chi connectivity index (χ0v) is 18.5. The first-order valence-corrected chi connectivity index (χ1v) is 10.2. The number of hydrogen-bond donors (Lipinski definition) is 2. The van der Waals surface area contributed by atoms with E-state index in [-0.39, 0.29) is 12.2 Å². The maximum absolute atomic E-state index is 13.1. The van der Waals surface area contributed by atoms with E-state index in [0.29, 0.717) is 22.7 Å². The summed E-state index contributed by atoms with van der Waals surface area (Å²) in [7, 11) is -0.571. The molecule has 3 heterocycles. The zero-order valence-electron chi connectivity index (χ0n) is 18.5. The zero-order chi connectivity index (χ0) is 23.5. The molecule has 0 amide bonds. The molecule has 32 heavy (non-hydrogen) atoms. The lowest BCUT2D eigenvalue weighted by Gasteiger charge is -2.32. The third kappa shape index (κ3) is 4.14. The number of rotatable bonds is 4. The van der Waals surface area contributed by atoms with Crippen LogP contribution in [0.2, 0.25) is 0 Å². The summed E-state index contributed by atoms with van der Waals surface area (Å²) in [6, 6.07) is 5.34. The van der Waals surface area contributed by atoms with E-state index in [1.807, 2.05) is 33.8 Å². The molecule has 1 aliphatic heterocycles. The topological polar surface area (TPSA) is 86.7 Å². The minimum Gasteiger partial charge on any atom is -0.399 e. The summed E-state index contributed by atoms with van der Waals surface area (Å²) < 4.78 is 53.2. The summed E-state index contributed by atoms with van der Waals surface area (Å²) in [6.45, 7) is 9.74. The summed E-state index contributed by atoms with van der Waals surface area (Å²) >= 11 is 0. The molecule has 4 rings (SSSR count). The second-order valence-corrected chi connectivity index (χ2v) is 9.01. The Bertz CT molecular complexity index is 1160. The lowest BCUT2D eigenvalue weighted by Crippen LogP contribution is -2.41. The van der Waals surface area contributed by atoms with Crippen LogP contribution < -0.4 is 16.5 Å². The molecule has 0 bridgehead atoms. The lowest BCUT2D eigenvalue weighted by molar-refractivity contribution is -0.137. The normalized spacial score (nSPS) is 17.8. The quantitative estimate of drug-likeness (QED) is 0.470.